The Morgan fingerprint density at radius 3 is 2.22 bits per heavy atom. The number of non-ortho nitro benzene ring substituents is 1. The molecule has 32 heavy (non-hydrogen) atoms. The molecule has 0 aromatic heterocycles. The first-order valence-electron chi connectivity index (χ1n) is 11.9. The maximum Gasteiger partial charge on any atom is 0.410 e. The van der Waals surface area contributed by atoms with E-state index in [1.54, 1.807) is 12.1 Å². The summed E-state index contributed by atoms with van der Waals surface area (Å²) in [5.74, 6) is 0. The van der Waals surface area contributed by atoms with E-state index in [9.17, 15) is 14.9 Å². The van der Waals surface area contributed by atoms with Crippen LogP contribution in [-0.2, 0) is 4.74 Å². The number of benzene rings is 1. The van der Waals surface area contributed by atoms with Crippen molar-refractivity contribution in [2.24, 2.45) is 5.41 Å². The lowest BCUT2D eigenvalue weighted by atomic mass is 9.71. The van der Waals surface area contributed by atoms with Gasteiger partial charge in [0, 0.05) is 63.1 Å². The van der Waals surface area contributed by atoms with Crippen LogP contribution in [0, 0.1) is 15.5 Å². The summed E-state index contributed by atoms with van der Waals surface area (Å²) >= 11 is 0. The number of rotatable bonds is 3. The van der Waals surface area contributed by atoms with Gasteiger partial charge in [-0.05, 0) is 70.4 Å². The molecule has 8 heteroatoms. The molecular formula is C24H36N4O4. The van der Waals surface area contributed by atoms with Crippen LogP contribution < -0.4 is 4.90 Å². The van der Waals surface area contributed by atoms with E-state index in [0.717, 1.165) is 51.4 Å². The Bertz CT molecular complexity index is 819. The summed E-state index contributed by atoms with van der Waals surface area (Å²) in [6.07, 6.45) is 5.67. The fraction of sp³-hybridized carbons (Fsp3) is 0.708. The third-order valence-corrected chi connectivity index (χ3v) is 7.36. The largest absolute Gasteiger partial charge is 0.444 e. The normalized spacial score (nSPS) is 27.0. The molecule has 1 aromatic carbocycles. The maximum absolute atomic E-state index is 12.5. The lowest BCUT2D eigenvalue weighted by molar-refractivity contribution is -0.384. The second-order valence-electron chi connectivity index (χ2n) is 10.7. The topological polar surface area (TPSA) is 79.2 Å². The molecule has 0 atom stereocenters. The smallest absolute Gasteiger partial charge is 0.410 e. The van der Waals surface area contributed by atoms with Crippen LogP contribution in [0.1, 0.15) is 52.9 Å². The van der Waals surface area contributed by atoms with Crippen molar-refractivity contribution in [2.75, 3.05) is 44.2 Å². The molecular weight excluding hydrogens is 408 g/mol. The Labute approximate surface area is 190 Å². The average Bonchev–Trinajstić information content (AvgIpc) is 3.17. The first kappa shape index (κ1) is 22.8. The minimum absolute atomic E-state index is 0.140. The number of piperazine rings is 1. The zero-order valence-electron chi connectivity index (χ0n) is 19.6. The highest BCUT2D eigenvalue weighted by Crippen LogP contribution is 2.45. The van der Waals surface area contributed by atoms with Gasteiger partial charge in [-0.2, -0.15) is 0 Å². The number of ether oxygens (including phenoxy) is 1. The molecule has 8 nitrogen and oxygen atoms in total. The van der Waals surface area contributed by atoms with Gasteiger partial charge in [0.05, 0.1) is 4.92 Å². The summed E-state index contributed by atoms with van der Waals surface area (Å²) in [5, 5.41) is 10.9. The van der Waals surface area contributed by atoms with Gasteiger partial charge in [0.1, 0.15) is 5.60 Å². The van der Waals surface area contributed by atoms with Crippen LogP contribution in [0.25, 0.3) is 0 Å². The number of hydrogen-bond donors (Lipinski definition) is 0. The van der Waals surface area contributed by atoms with Crippen LogP contribution in [0.5, 0.6) is 0 Å². The molecule has 1 saturated carbocycles. The summed E-state index contributed by atoms with van der Waals surface area (Å²) in [6.45, 7) is 11.4. The monoisotopic (exact) mass is 444 g/mol. The second-order valence-corrected chi connectivity index (χ2v) is 10.7. The predicted octanol–water partition coefficient (Wildman–Crippen LogP) is 4.29. The molecule has 1 spiro atoms. The van der Waals surface area contributed by atoms with Crippen LogP contribution in [0.15, 0.2) is 24.3 Å². The van der Waals surface area contributed by atoms with Gasteiger partial charge in [-0.1, -0.05) is 0 Å². The number of nitrogens with zero attached hydrogens (tertiary/aromatic N) is 4. The molecule has 3 aliphatic rings. The van der Waals surface area contributed by atoms with Crippen LogP contribution in [-0.4, -0.2) is 71.7 Å². The van der Waals surface area contributed by atoms with Crippen LogP contribution >= 0.6 is 0 Å². The van der Waals surface area contributed by atoms with Crippen molar-refractivity contribution < 1.29 is 14.5 Å². The molecule has 2 heterocycles. The van der Waals surface area contributed by atoms with Gasteiger partial charge >= 0.3 is 6.09 Å². The van der Waals surface area contributed by atoms with Crippen molar-refractivity contribution in [1.29, 1.82) is 0 Å². The average molecular weight is 445 g/mol. The number of nitro benzene ring substituents is 1. The summed E-state index contributed by atoms with van der Waals surface area (Å²) in [4.78, 5) is 29.8. The summed E-state index contributed by atoms with van der Waals surface area (Å²) in [7, 11) is 0. The minimum atomic E-state index is -0.443. The molecule has 0 radical (unpaired) electrons. The van der Waals surface area contributed by atoms with Crippen molar-refractivity contribution in [3.8, 4) is 0 Å². The van der Waals surface area contributed by atoms with Gasteiger partial charge in [-0.3, -0.25) is 15.0 Å². The fourth-order valence-electron chi connectivity index (χ4n) is 5.54. The summed E-state index contributed by atoms with van der Waals surface area (Å²) in [5.41, 5.74) is 1.03. The first-order valence-corrected chi connectivity index (χ1v) is 11.9. The van der Waals surface area contributed by atoms with E-state index in [1.165, 1.54) is 25.7 Å². The molecule has 3 fully saturated rings. The highest BCUT2D eigenvalue weighted by Gasteiger charge is 2.44. The van der Waals surface area contributed by atoms with Crippen molar-refractivity contribution in [1.82, 2.24) is 9.80 Å². The van der Waals surface area contributed by atoms with Crippen molar-refractivity contribution in [3.63, 3.8) is 0 Å². The zero-order valence-corrected chi connectivity index (χ0v) is 19.6. The number of hydrogen-bond acceptors (Lipinski definition) is 6. The van der Waals surface area contributed by atoms with E-state index in [-0.39, 0.29) is 22.1 Å². The lowest BCUT2D eigenvalue weighted by Gasteiger charge is -2.45. The lowest BCUT2D eigenvalue weighted by Crippen LogP contribution is -2.52. The molecule has 1 aromatic rings. The van der Waals surface area contributed by atoms with Gasteiger partial charge in [-0.15, -0.1) is 0 Å². The van der Waals surface area contributed by atoms with Crippen LogP contribution in [0.2, 0.25) is 0 Å². The number of likely N-dealkylation sites (tertiary alicyclic amines) is 1. The molecule has 4 rings (SSSR count). The Morgan fingerprint density at radius 1 is 1.03 bits per heavy atom. The van der Waals surface area contributed by atoms with Crippen LogP contribution in [0.4, 0.5) is 16.2 Å². The van der Waals surface area contributed by atoms with E-state index in [2.05, 4.69) is 9.80 Å². The number of nitro groups is 1. The van der Waals surface area contributed by atoms with Gasteiger partial charge < -0.3 is 14.5 Å². The Balaban J connectivity index is 1.24. The van der Waals surface area contributed by atoms with E-state index in [0.29, 0.717) is 6.04 Å². The molecule has 2 saturated heterocycles. The van der Waals surface area contributed by atoms with Gasteiger partial charge in [0.15, 0.2) is 0 Å². The van der Waals surface area contributed by atoms with Gasteiger partial charge in [0.2, 0.25) is 0 Å². The standard InChI is InChI=1S/C24H36N4O4/c1-23(2,3)32-22(29)27-13-12-24(18-27)10-8-20(9-11-24)26-16-14-25(15-17-26)19-4-6-21(7-5-19)28(30)31/h4-7,20H,8-18H2,1-3H3. The summed E-state index contributed by atoms with van der Waals surface area (Å²) in [6, 6.07) is 7.51. The maximum atomic E-state index is 12.5. The predicted molar refractivity (Wildman–Crippen MR) is 124 cm³/mol. The Kier molecular flexibility index (Phi) is 6.34. The number of anilines is 1. The Morgan fingerprint density at radius 2 is 1.66 bits per heavy atom. The SMILES string of the molecule is CC(C)(C)OC(=O)N1CCC2(CCC(N3CCN(c4ccc([N+](=O)[O-])cc4)CC3)CC2)C1. The van der Waals surface area contributed by atoms with Crippen molar-refractivity contribution >= 4 is 17.5 Å². The fourth-order valence-corrected chi connectivity index (χ4v) is 5.54. The highest BCUT2D eigenvalue weighted by molar-refractivity contribution is 5.68. The summed E-state index contributed by atoms with van der Waals surface area (Å²) < 4.78 is 5.58. The van der Waals surface area contributed by atoms with E-state index >= 15 is 0 Å². The molecule has 0 bridgehead atoms. The first-order chi connectivity index (χ1) is 15.1. The number of carbonyl (C=O) groups excluding carboxylic acids is 1. The zero-order chi connectivity index (χ0) is 22.9. The second kappa shape index (κ2) is 8.89. The minimum Gasteiger partial charge on any atom is -0.444 e. The van der Waals surface area contributed by atoms with Crippen molar-refractivity contribution in [2.45, 2.75) is 64.5 Å². The molecule has 0 unspecified atom stereocenters. The molecule has 176 valence electrons. The quantitative estimate of drug-likeness (QED) is 0.511. The van der Waals surface area contributed by atoms with E-state index in [4.69, 9.17) is 4.74 Å². The van der Waals surface area contributed by atoms with Crippen LogP contribution in [0.3, 0.4) is 0 Å². The molecule has 2 aliphatic heterocycles. The number of amides is 1. The molecule has 1 amide bonds. The third-order valence-electron chi connectivity index (χ3n) is 7.36. The van der Waals surface area contributed by atoms with Crippen molar-refractivity contribution in [3.05, 3.63) is 34.4 Å². The number of carbonyl (C=O) groups is 1. The molecule has 1 aliphatic carbocycles. The van der Waals surface area contributed by atoms with Gasteiger partial charge in [0.25, 0.3) is 5.69 Å². The molecule has 0 N–H and O–H groups in total. The highest BCUT2D eigenvalue weighted by atomic mass is 16.6. The van der Waals surface area contributed by atoms with E-state index in [1.807, 2.05) is 37.8 Å². The Hall–Kier alpha value is -2.35. The van der Waals surface area contributed by atoms with E-state index < -0.39 is 5.60 Å². The third kappa shape index (κ3) is 5.17. The van der Waals surface area contributed by atoms with Gasteiger partial charge in [-0.25, -0.2) is 4.79 Å².